The average molecular weight is 418 g/mol. The van der Waals surface area contributed by atoms with E-state index >= 15 is 0 Å². The highest BCUT2D eigenvalue weighted by Gasteiger charge is 2.48. The molecule has 0 aliphatic carbocycles. The van der Waals surface area contributed by atoms with Crippen LogP contribution in [0.4, 0.5) is 0 Å². The van der Waals surface area contributed by atoms with Gasteiger partial charge in [-0.3, -0.25) is 4.79 Å². The molecule has 0 bridgehead atoms. The Hall–Kier alpha value is -2.25. The predicted molar refractivity (Wildman–Crippen MR) is 115 cm³/mol. The van der Waals surface area contributed by atoms with Crippen molar-refractivity contribution in [2.24, 2.45) is 10.8 Å². The van der Waals surface area contributed by atoms with Gasteiger partial charge in [0.15, 0.2) is 0 Å². The molecule has 0 saturated carbocycles. The van der Waals surface area contributed by atoms with E-state index in [9.17, 15) is 9.90 Å². The minimum atomic E-state index is -0.774. The van der Waals surface area contributed by atoms with Crippen LogP contribution < -0.4 is 0 Å². The van der Waals surface area contributed by atoms with Gasteiger partial charge in [-0.05, 0) is 45.1 Å². The molecule has 0 fully saturated rings. The van der Waals surface area contributed by atoms with Crippen molar-refractivity contribution in [2.75, 3.05) is 13.2 Å². The molecule has 0 aliphatic rings. The number of hydrogen-bond donors (Lipinski definition) is 2. The highest BCUT2D eigenvalue weighted by atomic mass is 16.5. The van der Waals surface area contributed by atoms with Gasteiger partial charge < -0.3 is 14.9 Å². The van der Waals surface area contributed by atoms with E-state index in [0.29, 0.717) is 12.1 Å². The fourth-order valence-corrected chi connectivity index (χ4v) is 3.63. The Morgan fingerprint density at radius 2 is 1.73 bits per heavy atom. The second-order valence-electron chi connectivity index (χ2n) is 9.50. The smallest absolute Gasteiger partial charge is 0.312 e. The fraction of sp³-hybridized carbons (Fsp3) is 0.609. The van der Waals surface area contributed by atoms with E-state index in [1.807, 2.05) is 32.0 Å². The van der Waals surface area contributed by atoms with Gasteiger partial charge in [0.1, 0.15) is 12.3 Å². The Morgan fingerprint density at radius 1 is 1.10 bits per heavy atom. The van der Waals surface area contributed by atoms with Crippen molar-refractivity contribution < 1.29 is 19.7 Å². The molecule has 2 aromatic rings. The summed E-state index contributed by atoms with van der Waals surface area (Å²) in [6, 6.07) is 10.2. The lowest BCUT2D eigenvalue weighted by atomic mass is 9.61. The molecule has 0 amide bonds. The van der Waals surface area contributed by atoms with Gasteiger partial charge in [-0.25, -0.2) is 4.68 Å². The molecule has 1 atom stereocenters. The molecule has 7 heteroatoms. The standard InChI is InChI=1S/C23H35N3O4/c1-21(2,22(3,4)20(29)30-13-12-27)14-19(17-10-8-7-9-11-17)23(5,6)26-15-18(16-28)24-25-26/h7-11,15,19,27-28H,12-14,16H2,1-6H3. The molecule has 0 aliphatic heterocycles. The Bertz CT molecular complexity index is 828. The summed E-state index contributed by atoms with van der Waals surface area (Å²) >= 11 is 0. The molecule has 1 unspecified atom stereocenters. The van der Waals surface area contributed by atoms with Crippen LogP contribution in [0.1, 0.15) is 65.1 Å². The summed E-state index contributed by atoms with van der Waals surface area (Å²) in [6.45, 7) is 11.7. The monoisotopic (exact) mass is 417 g/mol. The van der Waals surface area contributed by atoms with Crippen LogP contribution in [-0.2, 0) is 21.7 Å². The molecule has 166 valence electrons. The number of benzene rings is 1. The molecule has 30 heavy (non-hydrogen) atoms. The zero-order valence-electron chi connectivity index (χ0n) is 18.9. The van der Waals surface area contributed by atoms with Crippen molar-refractivity contribution in [3.05, 3.63) is 47.8 Å². The Morgan fingerprint density at radius 3 is 2.27 bits per heavy atom. The predicted octanol–water partition coefficient (Wildman–Crippen LogP) is 3.27. The summed E-state index contributed by atoms with van der Waals surface area (Å²) in [6.07, 6.45) is 2.45. The summed E-state index contributed by atoms with van der Waals surface area (Å²) in [7, 11) is 0. The molecule has 0 saturated heterocycles. The minimum Gasteiger partial charge on any atom is -0.463 e. The molecular weight excluding hydrogens is 382 g/mol. The van der Waals surface area contributed by atoms with Gasteiger partial charge in [0, 0.05) is 5.92 Å². The third kappa shape index (κ3) is 4.90. The second kappa shape index (κ2) is 9.27. The van der Waals surface area contributed by atoms with Gasteiger partial charge >= 0.3 is 5.97 Å². The maximum Gasteiger partial charge on any atom is 0.312 e. The van der Waals surface area contributed by atoms with Crippen LogP contribution in [0.2, 0.25) is 0 Å². The zero-order valence-corrected chi connectivity index (χ0v) is 18.9. The summed E-state index contributed by atoms with van der Waals surface area (Å²) in [5, 5.41) is 26.7. The topological polar surface area (TPSA) is 97.5 Å². The Labute approximate surface area is 179 Å². The number of esters is 1. The van der Waals surface area contributed by atoms with Gasteiger partial charge in [0.05, 0.1) is 30.4 Å². The number of carbonyl (C=O) groups excluding carboxylic acids is 1. The summed E-state index contributed by atoms with van der Waals surface area (Å²) in [5.74, 6) is -0.318. The molecule has 1 aromatic heterocycles. The van der Waals surface area contributed by atoms with E-state index in [2.05, 4.69) is 50.1 Å². The normalized spacial score (nSPS) is 13.9. The molecule has 1 aromatic carbocycles. The van der Waals surface area contributed by atoms with E-state index in [4.69, 9.17) is 9.84 Å². The van der Waals surface area contributed by atoms with Crippen LogP contribution in [-0.4, -0.2) is 44.4 Å². The molecule has 0 radical (unpaired) electrons. The molecule has 7 nitrogen and oxygen atoms in total. The van der Waals surface area contributed by atoms with E-state index in [1.54, 1.807) is 10.9 Å². The Kier molecular flexibility index (Phi) is 7.42. The highest BCUT2D eigenvalue weighted by Crippen LogP contribution is 2.50. The molecule has 1 heterocycles. The molecule has 2 rings (SSSR count). The lowest BCUT2D eigenvalue weighted by molar-refractivity contribution is -0.162. The number of aliphatic hydroxyl groups is 2. The number of aromatic nitrogens is 3. The number of carbonyl (C=O) groups is 1. The van der Waals surface area contributed by atoms with Crippen LogP contribution in [0.25, 0.3) is 0 Å². The lowest BCUT2D eigenvalue weighted by Gasteiger charge is -2.45. The van der Waals surface area contributed by atoms with Crippen LogP contribution in [0.3, 0.4) is 0 Å². The van der Waals surface area contributed by atoms with Gasteiger partial charge in [-0.15, -0.1) is 5.10 Å². The van der Waals surface area contributed by atoms with Gasteiger partial charge in [0.2, 0.25) is 0 Å². The van der Waals surface area contributed by atoms with E-state index in [-0.39, 0.29) is 31.7 Å². The maximum atomic E-state index is 12.8. The van der Waals surface area contributed by atoms with Gasteiger partial charge in [0.25, 0.3) is 0 Å². The van der Waals surface area contributed by atoms with E-state index in [1.165, 1.54) is 0 Å². The first-order chi connectivity index (χ1) is 14.0. The van der Waals surface area contributed by atoms with Crippen molar-refractivity contribution in [1.29, 1.82) is 0 Å². The van der Waals surface area contributed by atoms with E-state index in [0.717, 1.165) is 5.56 Å². The van der Waals surface area contributed by atoms with Crippen LogP contribution in [0.15, 0.2) is 36.5 Å². The zero-order chi connectivity index (χ0) is 22.6. The summed E-state index contributed by atoms with van der Waals surface area (Å²) in [5.41, 5.74) is -0.0237. The number of ether oxygens (including phenoxy) is 1. The SMILES string of the molecule is CC(C)(C(CC(C)(C)C(C)(C)C(=O)OCCO)c1ccccc1)n1cc(CO)nn1. The number of aliphatic hydroxyl groups excluding tert-OH is 2. The first kappa shape index (κ1) is 24.0. The van der Waals surface area contributed by atoms with Crippen molar-refractivity contribution in [2.45, 2.75) is 66.0 Å². The number of hydrogen-bond acceptors (Lipinski definition) is 6. The summed E-state index contributed by atoms with van der Waals surface area (Å²) in [4.78, 5) is 12.8. The first-order valence-electron chi connectivity index (χ1n) is 10.3. The Balaban J connectivity index is 2.44. The third-order valence-electron chi connectivity index (χ3n) is 6.59. The quantitative estimate of drug-likeness (QED) is 0.576. The third-order valence-corrected chi connectivity index (χ3v) is 6.59. The molecular formula is C23H35N3O4. The van der Waals surface area contributed by atoms with Crippen molar-refractivity contribution in [1.82, 2.24) is 15.0 Å². The average Bonchev–Trinajstić information content (AvgIpc) is 3.20. The number of nitrogens with zero attached hydrogens (tertiary/aromatic N) is 3. The number of rotatable bonds is 10. The minimum absolute atomic E-state index is 0.00512. The van der Waals surface area contributed by atoms with Crippen LogP contribution >= 0.6 is 0 Å². The largest absolute Gasteiger partial charge is 0.463 e. The van der Waals surface area contributed by atoms with Crippen LogP contribution in [0, 0.1) is 10.8 Å². The second-order valence-corrected chi connectivity index (χ2v) is 9.50. The van der Waals surface area contributed by atoms with Gasteiger partial charge in [-0.1, -0.05) is 49.4 Å². The van der Waals surface area contributed by atoms with Crippen molar-refractivity contribution in [3.8, 4) is 0 Å². The lowest BCUT2D eigenvalue weighted by Crippen LogP contribution is -2.45. The van der Waals surface area contributed by atoms with E-state index < -0.39 is 16.4 Å². The van der Waals surface area contributed by atoms with Crippen LogP contribution in [0.5, 0.6) is 0 Å². The van der Waals surface area contributed by atoms with Gasteiger partial charge in [-0.2, -0.15) is 0 Å². The summed E-state index contributed by atoms with van der Waals surface area (Å²) < 4.78 is 7.07. The first-order valence-corrected chi connectivity index (χ1v) is 10.3. The highest BCUT2D eigenvalue weighted by molar-refractivity contribution is 5.77. The molecule has 2 N–H and O–H groups in total. The van der Waals surface area contributed by atoms with Crippen molar-refractivity contribution >= 4 is 5.97 Å². The molecule has 0 spiro atoms. The maximum absolute atomic E-state index is 12.8. The fourth-order valence-electron chi connectivity index (χ4n) is 3.63. The van der Waals surface area contributed by atoms with Crippen molar-refractivity contribution in [3.63, 3.8) is 0 Å².